The summed E-state index contributed by atoms with van der Waals surface area (Å²) >= 11 is 0. The van der Waals surface area contributed by atoms with Crippen LogP contribution in [0.1, 0.15) is 13.8 Å². The molecule has 0 spiro atoms. The second-order valence-electron chi connectivity index (χ2n) is 7.98. The maximum Gasteiger partial charge on any atom is 0.237 e. The smallest absolute Gasteiger partial charge is 0.237 e. The Kier molecular flexibility index (Phi) is 5.69. The molecule has 7 heteroatoms. The molecule has 0 aliphatic carbocycles. The Morgan fingerprint density at radius 3 is 1.74 bits per heavy atom. The highest BCUT2D eigenvalue weighted by Crippen LogP contribution is 2.25. The highest BCUT2D eigenvalue weighted by Gasteiger charge is 2.42. The van der Waals surface area contributed by atoms with Crippen molar-refractivity contribution in [1.82, 2.24) is 14.7 Å². The number of nitrogens with zero attached hydrogens (tertiary/aromatic N) is 4. The molecule has 1 aromatic carbocycles. The molecule has 2 amide bonds. The van der Waals surface area contributed by atoms with Gasteiger partial charge in [-0.1, -0.05) is 0 Å². The zero-order valence-corrected chi connectivity index (χ0v) is 16.4. The number of rotatable bonds is 3. The van der Waals surface area contributed by atoms with Crippen molar-refractivity contribution < 1.29 is 14.0 Å². The molecule has 2 aliphatic heterocycles. The first-order chi connectivity index (χ1) is 12.8. The Morgan fingerprint density at radius 2 is 1.26 bits per heavy atom. The van der Waals surface area contributed by atoms with Gasteiger partial charge in [-0.2, -0.15) is 0 Å². The third-order valence-corrected chi connectivity index (χ3v) is 5.62. The number of carbonyl (C=O) groups excluding carboxylic acids is 2. The van der Waals surface area contributed by atoms with E-state index in [4.69, 9.17) is 0 Å². The van der Waals surface area contributed by atoms with Crippen LogP contribution in [-0.4, -0.2) is 85.9 Å². The van der Waals surface area contributed by atoms with Gasteiger partial charge in [-0.3, -0.25) is 9.59 Å². The minimum Gasteiger partial charge on any atom is -0.368 e. The molecule has 0 aromatic heterocycles. The first-order valence-electron chi connectivity index (χ1n) is 9.57. The van der Waals surface area contributed by atoms with Gasteiger partial charge in [0.15, 0.2) is 0 Å². The maximum absolute atomic E-state index is 13.1. The van der Waals surface area contributed by atoms with Crippen LogP contribution in [0, 0.1) is 11.2 Å². The van der Waals surface area contributed by atoms with Gasteiger partial charge in [0.25, 0.3) is 0 Å². The number of amides is 2. The number of likely N-dealkylation sites (N-methyl/N-ethyl adjacent to an activating group) is 1. The van der Waals surface area contributed by atoms with Crippen molar-refractivity contribution >= 4 is 17.5 Å². The van der Waals surface area contributed by atoms with E-state index >= 15 is 0 Å². The number of halogens is 1. The van der Waals surface area contributed by atoms with Crippen LogP contribution in [0.2, 0.25) is 0 Å². The highest BCUT2D eigenvalue weighted by atomic mass is 19.1. The Labute approximate surface area is 160 Å². The summed E-state index contributed by atoms with van der Waals surface area (Å²) in [4.78, 5) is 33.9. The van der Waals surface area contributed by atoms with Gasteiger partial charge < -0.3 is 19.6 Å². The van der Waals surface area contributed by atoms with Crippen LogP contribution in [0.15, 0.2) is 24.3 Å². The van der Waals surface area contributed by atoms with Crippen molar-refractivity contribution in [1.29, 1.82) is 0 Å². The lowest BCUT2D eigenvalue weighted by atomic mass is 9.89. The van der Waals surface area contributed by atoms with Gasteiger partial charge in [0.05, 0.1) is 0 Å². The predicted molar refractivity (Wildman–Crippen MR) is 103 cm³/mol. The average molecular weight is 376 g/mol. The minimum absolute atomic E-state index is 0.0819. The summed E-state index contributed by atoms with van der Waals surface area (Å²) < 4.78 is 13.1. The SMILES string of the molecule is CN1CCN(C(=O)C(C)(C)C(=O)N2CCN(c3ccc(F)cc3)CC2)CC1. The largest absolute Gasteiger partial charge is 0.368 e. The average Bonchev–Trinajstić information content (AvgIpc) is 2.68. The Hall–Kier alpha value is -2.15. The van der Waals surface area contributed by atoms with E-state index in [9.17, 15) is 14.0 Å². The monoisotopic (exact) mass is 376 g/mol. The van der Waals surface area contributed by atoms with E-state index in [0.717, 1.165) is 18.8 Å². The molecule has 148 valence electrons. The van der Waals surface area contributed by atoms with Crippen LogP contribution in [-0.2, 0) is 9.59 Å². The molecule has 6 nitrogen and oxygen atoms in total. The van der Waals surface area contributed by atoms with Crippen LogP contribution >= 0.6 is 0 Å². The van der Waals surface area contributed by atoms with Gasteiger partial charge >= 0.3 is 0 Å². The number of hydrogen-bond acceptors (Lipinski definition) is 4. The lowest BCUT2D eigenvalue weighted by Gasteiger charge is -2.41. The molecule has 0 radical (unpaired) electrons. The van der Waals surface area contributed by atoms with Gasteiger partial charge in [0, 0.05) is 58.0 Å². The zero-order valence-electron chi connectivity index (χ0n) is 16.4. The standard InChI is InChI=1S/C20H29FN4O2/c1-20(2,18(26)24-10-8-22(3)9-11-24)19(27)25-14-12-23(13-15-25)17-6-4-16(21)5-7-17/h4-7H,8-15H2,1-3H3. The Morgan fingerprint density at radius 1 is 0.815 bits per heavy atom. The number of hydrogen-bond donors (Lipinski definition) is 0. The lowest BCUT2D eigenvalue weighted by Crippen LogP contribution is -2.58. The van der Waals surface area contributed by atoms with Crippen molar-refractivity contribution in [3.05, 3.63) is 30.1 Å². The van der Waals surface area contributed by atoms with Gasteiger partial charge in [-0.25, -0.2) is 4.39 Å². The molecule has 2 heterocycles. The van der Waals surface area contributed by atoms with Crippen molar-refractivity contribution in [3.63, 3.8) is 0 Å². The summed E-state index contributed by atoms with van der Waals surface area (Å²) in [6.07, 6.45) is 0. The molecular weight excluding hydrogens is 347 g/mol. The fourth-order valence-electron chi connectivity index (χ4n) is 3.71. The summed E-state index contributed by atoms with van der Waals surface area (Å²) in [5.41, 5.74) is -0.0928. The molecule has 1 aromatic rings. The number of anilines is 1. The quantitative estimate of drug-likeness (QED) is 0.746. The third-order valence-electron chi connectivity index (χ3n) is 5.62. The molecular formula is C20H29FN4O2. The Balaban J connectivity index is 1.59. The molecule has 27 heavy (non-hydrogen) atoms. The summed E-state index contributed by atoms with van der Waals surface area (Å²) in [7, 11) is 2.04. The number of benzene rings is 1. The molecule has 0 atom stereocenters. The summed E-state index contributed by atoms with van der Waals surface area (Å²) in [6.45, 7) is 8.98. The van der Waals surface area contributed by atoms with E-state index in [-0.39, 0.29) is 17.6 Å². The molecule has 0 saturated carbocycles. The fourth-order valence-corrected chi connectivity index (χ4v) is 3.71. The van der Waals surface area contributed by atoms with Crippen LogP contribution in [0.25, 0.3) is 0 Å². The van der Waals surface area contributed by atoms with Gasteiger partial charge in [-0.15, -0.1) is 0 Å². The van der Waals surface area contributed by atoms with Crippen molar-refractivity contribution in [2.24, 2.45) is 5.41 Å². The lowest BCUT2D eigenvalue weighted by molar-refractivity contribution is -0.155. The molecule has 0 N–H and O–H groups in total. The van der Waals surface area contributed by atoms with Gasteiger partial charge in [0.1, 0.15) is 11.2 Å². The molecule has 2 saturated heterocycles. The van der Waals surface area contributed by atoms with Crippen LogP contribution < -0.4 is 4.90 Å². The summed E-state index contributed by atoms with van der Waals surface area (Å²) in [6, 6.07) is 6.41. The van der Waals surface area contributed by atoms with Crippen LogP contribution in [0.3, 0.4) is 0 Å². The number of carbonyl (C=O) groups is 2. The van der Waals surface area contributed by atoms with E-state index in [2.05, 4.69) is 9.80 Å². The van der Waals surface area contributed by atoms with E-state index in [1.807, 2.05) is 11.9 Å². The van der Waals surface area contributed by atoms with E-state index in [1.165, 1.54) is 12.1 Å². The molecule has 0 unspecified atom stereocenters. The molecule has 2 fully saturated rings. The number of piperazine rings is 2. The molecule has 0 bridgehead atoms. The van der Waals surface area contributed by atoms with Gasteiger partial charge in [-0.05, 0) is 45.2 Å². The van der Waals surface area contributed by atoms with E-state index in [1.54, 1.807) is 30.9 Å². The molecule has 3 rings (SSSR count). The van der Waals surface area contributed by atoms with Crippen molar-refractivity contribution in [3.8, 4) is 0 Å². The van der Waals surface area contributed by atoms with Crippen LogP contribution in [0.5, 0.6) is 0 Å². The second-order valence-corrected chi connectivity index (χ2v) is 7.98. The van der Waals surface area contributed by atoms with E-state index < -0.39 is 5.41 Å². The first kappa shape index (κ1) is 19.6. The Bertz CT molecular complexity index is 676. The first-order valence-corrected chi connectivity index (χ1v) is 9.57. The maximum atomic E-state index is 13.1. The predicted octanol–water partition coefficient (Wildman–Crippen LogP) is 1.27. The molecule has 2 aliphatic rings. The highest BCUT2D eigenvalue weighted by molar-refractivity contribution is 6.04. The van der Waals surface area contributed by atoms with Crippen molar-refractivity contribution in [2.45, 2.75) is 13.8 Å². The van der Waals surface area contributed by atoms with Gasteiger partial charge in [0.2, 0.25) is 11.8 Å². The van der Waals surface area contributed by atoms with Crippen molar-refractivity contribution in [2.75, 3.05) is 64.3 Å². The normalized spacial score (nSPS) is 19.3. The fraction of sp³-hybridized carbons (Fsp3) is 0.600. The third kappa shape index (κ3) is 4.24. The second kappa shape index (κ2) is 7.84. The minimum atomic E-state index is -1.05. The van der Waals surface area contributed by atoms with Crippen LogP contribution in [0.4, 0.5) is 10.1 Å². The topological polar surface area (TPSA) is 47.1 Å². The zero-order chi connectivity index (χ0) is 19.6. The summed E-state index contributed by atoms with van der Waals surface area (Å²) in [5.74, 6) is -0.441. The van der Waals surface area contributed by atoms with E-state index in [0.29, 0.717) is 39.3 Å². The summed E-state index contributed by atoms with van der Waals surface area (Å²) in [5, 5.41) is 0.